The maximum atomic E-state index is 12.5. The second-order valence-electron chi connectivity index (χ2n) is 8.26. The lowest BCUT2D eigenvalue weighted by Crippen LogP contribution is -2.33. The van der Waals surface area contributed by atoms with Gasteiger partial charge in [0.15, 0.2) is 0 Å². The Bertz CT molecular complexity index is 996. The van der Waals surface area contributed by atoms with Crippen LogP contribution < -0.4 is 10.6 Å². The maximum Gasteiger partial charge on any atom is 0.223 e. The Balaban J connectivity index is 0.00000128. The molecule has 1 atom stereocenters. The van der Waals surface area contributed by atoms with Crippen molar-refractivity contribution < 1.29 is 4.79 Å². The Morgan fingerprint density at radius 1 is 1.07 bits per heavy atom. The zero-order valence-electron chi connectivity index (χ0n) is 16.8. The largest absolute Gasteiger partial charge is 0.352 e. The van der Waals surface area contributed by atoms with Crippen molar-refractivity contribution in [2.24, 2.45) is 11.3 Å². The Labute approximate surface area is 189 Å². The highest BCUT2D eigenvalue weighted by Gasteiger charge is 2.57. The lowest BCUT2D eigenvalue weighted by atomic mass is 9.92. The van der Waals surface area contributed by atoms with Gasteiger partial charge in [-0.2, -0.15) is 0 Å². The third-order valence-electron chi connectivity index (χ3n) is 6.48. The molecule has 5 nitrogen and oxygen atoms in total. The molecule has 0 radical (unpaired) electrons. The molecular weight excluding hydrogens is 419 g/mol. The number of carbonyl (C=O) groups excluding carboxylic acids is 1. The first kappa shape index (κ1) is 22.6. The molecule has 2 aromatic carbocycles. The first-order valence-electron chi connectivity index (χ1n) is 10.2. The molecule has 2 fully saturated rings. The number of amides is 1. The quantitative estimate of drug-likeness (QED) is 0.623. The predicted molar refractivity (Wildman–Crippen MR) is 124 cm³/mol. The van der Waals surface area contributed by atoms with Crippen LogP contribution >= 0.6 is 24.8 Å². The summed E-state index contributed by atoms with van der Waals surface area (Å²) in [4.78, 5) is 17.0. The van der Waals surface area contributed by atoms with Gasteiger partial charge in [0.25, 0.3) is 0 Å². The van der Waals surface area contributed by atoms with E-state index in [-0.39, 0.29) is 36.6 Å². The minimum absolute atomic E-state index is 0. The van der Waals surface area contributed by atoms with Crippen molar-refractivity contribution in [3.05, 3.63) is 66.0 Å². The Morgan fingerprint density at radius 3 is 2.53 bits per heavy atom. The number of hydrogen-bond donors (Lipinski definition) is 2. The second-order valence-corrected chi connectivity index (χ2v) is 8.26. The number of piperidine rings is 1. The van der Waals surface area contributed by atoms with Gasteiger partial charge in [0.05, 0.1) is 17.4 Å². The number of hydrogen-bond acceptors (Lipinski definition) is 3. The summed E-state index contributed by atoms with van der Waals surface area (Å²) in [5, 5.41) is 6.54. The number of nitrogens with one attached hydrogen (secondary N) is 2. The van der Waals surface area contributed by atoms with E-state index in [4.69, 9.17) is 0 Å². The van der Waals surface area contributed by atoms with Crippen LogP contribution in [0.2, 0.25) is 0 Å². The van der Waals surface area contributed by atoms with Crippen molar-refractivity contribution >= 4 is 41.8 Å². The van der Waals surface area contributed by atoms with E-state index >= 15 is 0 Å². The highest BCUT2D eigenvalue weighted by molar-refractivity contribution is 5.85. The van der Waals surface area contributed by atoms with Crippen LogP contribution in [0.3, 0.4) is 0 Å². The highest BCUT2D eigenvalue weighted by atomic mass is 35.5. The van der Waals surface area contributed by atoms with Crippen LogP contribution in [-0.2, 0) is 17.9 Å². The van der Waals surface area contributed by atoms with Crippen LogP contribution in [0, 0.1) is 11.3 Å². The predicted octanol–water partition coefficient (Wildman–Crippen LogP) is 3.93. The van der Waals surface area contributed by atoms with Crippen LogP contribution in [0.25, 0.3) is 11.0 Å². The van der Waals surface area contributed by atoms with Gasteiger partial charge in [0.2, 0.25) is 5.91 Å². The fourth-order valence-electron chi connectivity index (χ4n) is 4.60. The number of halogens is 2. The van der Waals surface area contributed by atoms with Gasteiger partial charge < -0.3 is 15.2 Å². The number of imidazole rings is 1. The smallest absolute Gasteiger partial charge is 0.223 e. The number of para-hydroxylation sites is 2. The zero-order valence-corrected chi connectivity index (χ0v) is 18.5. The van der Waals surface area contributed by atoms with Crippen LogP contribution in [0.4, 0.5) is 0 Å². The molecule has 1 aliphatic carbocycles. The van der Waals surface area contributed by atoms with E-state index < -0.39 is 0 Å². The van der Waals surface area contributed by atoms with Crippen LogP contribution in [-0.4, -0.2) is 28.5 Å². The van der Waals surface area contributed by atoms with Gasteiger partial charge in [0.1, 0.15) is 0 Å². The molecule has 1 aliphatic heterocycles. The number of benzene rings is 2. The molecule has 3 aromatic rings. The van der Waals surface area contributed by atoms with Gasteiger partial charge in [-0.05, 0) is 61.0 Å². The molecule has 2 N–H and O–H groups in total. The molecule has 7 heteroatoms. The number of rotatable bonds is 5. The molecule has 1 spiro atoms. The van der Waals surface area contributed by atoms with Crippen molar-refractivity contribution in [3.8, 4) is 0 Å². The van der Waals surface area contributed by atoms with Crippen LogP contribution in [0.15, 0.2) is 54.9 Å². The van der Waals surface area contributed by atoms with E-state index in [0.717, 1.165) is 55.5 Å². The van der Waals surface area contributed by atoms with Crippen molar-refractivity contribution in [3.63, 3.8) is 0 Å². The van der Waals surface area contributed by atoms with E-state index in [0.29, 0.717) is 12.0 Å². The van der Waals surface area contributed by atoms with Gasteiger partial charge in [-0.1, -0.05) is 36.4 Å². The molecule has 2 aliphatic rings. The van der Waals surface area contributed by atoms with Crippen LogP contribution in [0.5, 0.6) is 0 Å². The zero-order chi connectivity index (χ0) is 19.0. The first-order chi connectivity index (χ1) is 13.7. The van der Waals surface area contributed by atoms with E-state index in [1.54, 1.807) is 0 Å². The van der Waals surface area contributed by atoms with Crippen LogP contribution in [0.1, 0.15) is 30.4 Å². The normalized spacial score (nSPS) is 19.0. The number of fused-ring (bicyclic) bond motifs is 1. The van der Waals surface area contributed by atoms with Gasteiger partial charge in [-0.15, -0.1) is 24.8 Å². The van der Waals surface area contributed by atoms with E-state index in [1.165, 1.54) is 5.56 Å². The maximum absolute atomic E-state index is 12.5. The topological polar surface area (TPSA) is 59.0 Å². The summed E-state index contributed by atoms with van der Waals surface area (Å²) in [5.41, 5.74) is 4.84. The first-order valence-corrected chi connectivity index (χ1v) is 10.2. The van der Waals surface area contributed by atoms with Crippen molar-refractivity contribution in [2.45, 2.75) is 32.4 Å². The molecule has 1 unspecified atom stereocenters. The minimum Gasteiger partial charge on any atom is -0.352 e. The molecule has 0 bridgehead atoms. The van der Waals surface area contributed by atoms with E-state index in [1.807, 2.05) is 24.5 Å². The lowest BCUT2D eigenvalue weighted by molar-refractivity contribution is -0.123. The Hall–Kier alpha value is -2.08. The Morgan fingerprint density at radius 2 is 1.77 bits per heavy atom. The minimum atomic E-state index is 0. The Kier molecular flexibility index (Phi) is 7.06. The number of carbonyl (C=O) groups is 1. The lowest BCUT2D eigenvalue weighted by Gasteiger charge is -2.23. The molecule has 30 heavy (non-hydrogen) atoms. The highest BCUT2D eigenvalue weighted by Crippen LogP contribution is 2.58. The standard InChI is InChI=1S/C23H26N4O.2ClH/c28-22(19-13-23(19)9-11-24-12-10-23)25-14-17-5-7-18(8-6-17)15-27-16-26-20-3-1-2-4-21(20)27;;/h1-8,16,19,24H,9-15H2,(H,25,28);2*1H. The molecule has 1 saturated heterocycles. The molecule has 1 saturated carbocycles. The van der Waals surface area contributed by atoms with Gasteiger partial charge in [0, 0.05) is 19.0 Å². The molecule has 5 rings (SSSR count). The molecular formula is C23H28Cl2N4O. The monoisotopic (exact) mass is 446 g/mol. The number of aromatic nitrogens is 2. The summed E-state index contributed by atoms with van der Waals surface area (Å²) in [5.74, 6) is 0.458. The summed E-state index contributed by atoms with van der Waals surface area (Å²) >= 11 is 0. The van der Waals surface area contributed by atoms with Crippen molar-refractivity contribution in [2.75, 3.05) is 13.1 Å². The molecule has 2 heterocycles. The van der Waals surface area contributed by atoms with Crippen molar-refractivity contribution in [1.29, 1.82) is 0 Å². The average molecular weight is 447 g/mol. The van der Waals surface area contributed by atoms with Gasteiger partial charge >= 0.3 is 0 Å². The third-order valence-corrected chi connectivity index (χ3v) is 6.48. The molecule has 1 amide bonds. The fourth-order valence-corrected chi connectivity index (χ4v) is 4.60. The van der Waals surface area contributed by atoms with Gasteiger partial charge in [-0.3, -0.25) is 4.79 Å². The summed E-state index contributed by atoms with van der Waals surface area (Å²) in [6, 6.07) is 16.7. The summed E-state index contributed by atoms with van der Waals surface area (Å²) in [6.45, 7) is 3.51. The average Bonchev–Trinajstić information content (AvgIpc) is 3.27. The van der Waals surface area contributed by atoms with Gasteiger partial charge in [-0.25, -0.2) is 4.98 Å². The number of nitrogens with zero attached hydrogens (tertiary/aromatic N) is 2. The third kappa shape index (κ3) is 4.48. The van der Waals surface area contributed by atoms with E-state index in [2.05, 4.69) is 50.5 Å². The summed E-state index contributed by atoms with van der Waals surface area (Å²) in [7, 11) is 0. The fraction of sp³-hybridized carbons (Fsp3) is 0.391. The second kappa shape index (κ2) is 9.38. The SMILES string of the molecule is Cl.Cl.O=C(NCc1ccc(Cn2cnc3ccccc32)cc1)C1CC12CCNCC2. The summed E-state index contributed by atoms with van der Waals surface area (Å²) < 4.78 is 2.16. The van der Waals surface area contributed by atoms with E-state index in [9.17, 15) is 4.79 Å². The van der Waals surface area contributed by atoms with Crippen molar-refractivity contribution in [1.82, 2.24) is 20.2 Å². The molecule has 1 aromatic heterocycles. The molecule has 160 valence electrons. The summed E-state index contributed by atoms with van der Waals surface area (Å²) in [6.07, 6.45) is 5.24.